The van der Waals surface area contributed by atoms with Crippen molar-refractivity contribution in [2.45, 2.75) is 31.3 Å². The van der Waals surface area contributed by atoms with Gasteiger partial charge >= 0.3 is 0 Å². The molecule has 5 nitrogen and oxygen atoms in total. The molecular weight excluding hydrogens is 344 g/mol. The number of carbonyl (C=O) groups excluding carboxylic acids is 1. The van der Waals surface area contributed by atoms with Gasteiger partial charge in [0.25, 0.3) is 0 Å². The van der Waals surface area contributed by atoms with Crippen molar-refractivity contribution in [1.29, 1.82) is 0 Å². The van der Waals surface area contributed by atoms with Crippen LogP contribution in [0.15, 0.2) is 41.7 Å². The smallest absolute Gasteiger partial charge is 0.227 e. The largest absolute Gasteiger partial charge is 0.491 e. The molecule has 0 spiro atoms. The molecule has 1 fully saturated rings. The van der Waals surface area contributed by atoms with Crippen molar-refractivity contribution >= 4 is 16.6 Å². The maximum Gasteiger partial charge on any atom is 0.227 e. The molecule has 2 aliphatic carbocycles. The number of benzene rings is 2. The molecule has 2 N–H and O–H groups in total. The van der Waals surface area contributed by atoms with E-state index in [1.165, 1.54) is 0 Å². The van der Waals surface area contributed by atoms with Crippen LogP contribution >= 0.6 is 0 Å². The first-order valence-corrected chi connectivity index (χ1v) is 9.45. The average Bonchev–Trinajstić information content (AvgIpc) is 3.14. The average molecular weight is 366 g/mol. The topological polar surface area (TPSA) is 76.0 Å². The van der Waals surface area contributed by atoms with Crippen LogP contribution in [0.25, 0.3) is 10.8 Å². The minimum Gasteiger partial charge on any atom is -0.491 e. The lowest BCUT2D eigenvalue weighted by Gasteiger charge is -2.43. The monoisotopic (exact) mass is 366 g/mol. The molecule has 0 aromatic heterocycles. The first-order chi connectivity index (χ1) is 13.0. The molecule has 2 aromatic rings. The van der Waals surface area contributed by atoms with Gasteiger partial charge in [-0.25, -0.2) is 0 Å². The number of ether oxygens (including phenoxy) is 2. The molecule has 0 amide bonds. The lowest BCUT2D eigenvalue weighted by atomic mass is 9.59. The summed E-state index contributed by atoms with van der Waals surface area (Å²) >= 11 is 0. The third-order valence-electron chi connectivity index (χ3n) is 6.39. The molecule has 140 valence electrons. The molecule has 2 aromatic carbocycles. The highest BCUT2D eigenvalue weighted by molar-refractivity contribution is 6.13. The zero-order chi connectivity index (χ0) is 18.8. The fourth-order valence-corrected chi connectivity index (χ4v) is 5.05. The Morgan fingerprint density at radius 2 is 2.19 bits per heavy atom. The number of aliphatic hydroxyl groups is 2. The van der Waals surface area contributed by atoms with Crippen LogP contribution < -0.4 is 4.74 Å². The van der Waals surface area contributed by atoms with Crippen molar-refractivity contribution in [2.24, 2.45) is 5.92 Å². The number of hydrogen-bond acceptors (Lipinski definition) is 5. The molecule has 3 aliphatic rings. The highest BCUT2D eigenvalue weighted by Gasteiger charge is 2.53. The number of hydrogen-bond donors (Lipinski definition) is 2. The molecule has 5 heteroatoms. The molecule has 3 atom stereocenters. The maximum absolute atomic E-state index is 13.2. The van der Waals surface area contributed by atoms with Gasteiger partial charge in [0.05, 0.1) is 19.3 Å². The molecule has 0 bridgehead atoms. The van der Waals surface area contributed by atoms with Crippen molar-refractivity contribution < 1.29 is 24.5 Å². The second-order valence-electron chi connectivity index (χ2n) is 7.87. The van der Waals surface area contributed by atoms with E-state index in [4.69, 9.17) is 14.6 Å². The molecule has 5 rings (SSSR count). The number of aliphatic hydroxyl groups excluding tert-OH is 2. The Hall–Kier alpha value is -2.37. The second-order valence-corrected chi connectivity index (χ2v) is 7.87. The number of fused-ring (bicyclic) bond motifs is 3. The zero-order valence-electron chi connectivity index (χ0n) is 15.2. The Morgan fingerprint density at radius 3 is 3.00 bits per heavy atom. The van der Waals surface area contributed by atoms with Crippen LogP contribution in [0.4, 0.5) is 0 Å². The third-order valence-corrected chi connectivity index (χ3v) is 6.39. The van der Waals surface area contributed by atoms with Crippen LogP contribution in [-0.2, 0) is 10.2 Å². The van der Waals surface area contributed by atoms with Gasteiger partial charge in [-0.2, -0.15) is 0 Å². The summed E-state index contributed by atoms with van der Waals surface area (Å²) in [5, 5.41) is 21.3. The number of Topliss-reactive ketones (excluding diaryl/α,β-unsaturated/α-hetero) is 1. The van der Waals surface area contributed by atoms with E-state index in [2.05, 4.69) is 13.0 Å². The minimum absolute atomic E-state index is 0.0634. The summed E-state index contributed by atoms with van der Waals surface area (Å²) in [7, 11) is 0. The Morgan fingerprint density at radius 1 is 1.33 bits per heavy atom. The molecular formula is C22H22O5. The lowest BCUT2D eigenvalue weighted by molar-refractivity contribution is 0.0631. The summed E-state index contributed by atoms with van der Waals surface area (Å²) in [6, 6.07) is 9.77. The predicted octanol–water partition coefficient (Wildman–Crippen LogP) is 2.72. The molecule has 0 radical (unpaired) electrons. The summed E-state index contributed by atoms with van der Waals surface area (Å²) in [6.07, 6.45) is 1.05. The first kappa shape index (κ1) is 16.8. The van der Waals surface area contributed by atoms with Crippen molar-refractivity contribution in [3.63, 3.8) is 0 Å². The fraction of sp³-hybridized carbons (Fsp3) is 0.409. The van der Waals surface area contributed by atoms with Crippen molar-refractivity contribution in [3.8, 4) is 5.75 Å². The standard InChI is InChI=1S/C22H22O5/c1-22-6-5-17(24)15-11-27-21(19(15)22)20(25)14-10-13-12(9-16(14)22)3-2-4-18(13)26-8-7-23/h2-4,9-10,15,17,23-24H,5-8,11H2,1H3/t15-,17-,22-/m0/s1. The van der Waals surface area contributed by atoms with Crippen LogP contribution in [-0.4, -0.2) is 41.9 Å². The quantitative estimate of drug-likeness (QED) is 0.874. The Bertz CT molecular complexity index is 992. The van der Waals surface area contributed by atoms with E-state index < -0.39 is 6.10 Å². The first-order valence-electron chi connectivity index (χ1n) is 9.45. The summed E-state index contributed by atoms with van der Waals surface area (Å²) in [5.41, 5.74) is 2.35. The summed E-state index contributed by atoms with van der Waals surface area (Å²) in [6.45, 7) is 2.69. The van der Waals surface area contributed by atoms with Gasteiger partial charge in [0, 0.05) is 22.3 Å². The number of allylic oxidation sites excluding steroid dienone is 1. The Labute approximate surface area is 157 Å². The fourth-order valence-electron chi connectivity index (χ4n) is 5.05. The van der Waals surface area contributed by atoms with Crippen LogP contribution in [0.5, 0.6) is 5.75 Å². The van der Waals surface area contributed by atoms with Crippen molar-refractivity contribution in [1.82, 2.24) is 0 Å². The van der Waals surface area contributed by atoms with Crippen molar-refractivity contribution in [3.05, 3.63) is 52.8 Å². The van der Waals surface area contributed by atoms with Gasteiger partial charge in [-0.1, -0.05) is 19.1 Å². The van der Waals surface area contributed by atoms with E-state index in [0.29, 0.717) is 30.1 Å². The van der Waals surface area contributed by atoms with Crippen LogP contribution in [0.1, 0.15) is 35.7 Å². The third kappa shape index (κ3) is 2.22. The molecule has 1 aliphatic heterocycles. The molecule has 1 saturated carbocycles. The van der Waals surface area contributed by atoms with E-state index in [-0.39, 0.29) is 30.3 Å². The van der Waals surface area contributed by atoms with E-state index in [1.807, 2.05) is 24.3 Å². The van der Waals surface area contributed by atoms with Gasteiger partial charge < -0.3 is 19.7 Å². The van der Waals surface area contributed by atoms with E-state index >= 15 is 0 Å². The highest BCUT2D eigenvalue weighted by atomic mass is 16.5. The summed E-state index contributed by atoms with van der Waals surface area (Å²) < 4.78 is 11.5. The van der Waals surface area contributed by atoms with Crippen LogP contribution in [0, 0.1) is 5.92 Å². The maximum atomic E-state index is 13.2. The molecule has 1 heterocycles. The number of carbonyl (C=O) groups is 1. The van der Waals surface area contributed by atoms with E-state index in [9.17, 15) is 9.90 Å². The summed E-state index contributed by atoms with van der Waals surface area (Å²) in [4.78, 5) is 13.2. The van der Waals surface area contributed by atoms with Gasteiger partial charge in [-0.15, -0.1) is 0 Å². The normalized spacial score (nSPS) is 28.8. The highest BCUT2D eigenvalue weighted by Crippen LogP contribution is 2.55. The van der Waals surface area contributed by atoms with Crippen LogP contribution in [0.3, 0.4) is 0 Å². The van der Waals surface area contributed by atoms with Crippen LogP contribution in [0.2, 0.25) is 0 Å². The van der Waals surface area contributed by atoms with Gasteiger partial charge in [-0.05, 0) is 47.6 Å². The zero-order valence-corrected chi connectivity index (χ0v) is 15.2. The predicted molar refractivity (Wildman–Crippen MR) is 99.9 cm³/mol. The Balaban J connectivity index is 1.73. The molecule has 27 heavy (non-hydrogen) atoms. The summed E-state index contributed by atoms with van der Waals surface area (Å²) in [5.74, 6) is 0.895. The number of ketones is 1. The van der Waals surface area contributed by atoms with Gasteiger partial charge in [0.1, 0.15) is 12.4 Å². The van der Waals surface area contributed by atoms with E-state index in [0.717, 1.165) is 28.3 Å². The number of rotatable bonds is 3. The molecule has 0 unspecified atom stereocenters. The van der Waals surface area contributed by atoms with E-state index in [1.54, 1.807) is 0 Å². The van der Waals surface area contributed by atoms with Gasteiger partial charge in [-0.3, -0.25) is 4.79 Å². The minimum atomic E-state index is -0.445. The molecule has 0 saturated heterocycles. The van der Waals surface area contributed by atoms with Crippen molar-refractivity contribution in [2.75, 3.05) is 19.8 Å². The van der Waals surface area contributed by atoms with Gasteiger partial charge in [0.15, 0.2) is 5.76 Å². The lowest BCUT2D eigenvalue weighted by Crippen LogP contribution is -2.43. The van der Waals surface area contributed by atoms with Gasteiger partial charge in [0.2, 0.25) is 5.78 Å². The second kappa shape index (κ2) is 5.81. The SMILES string of the molecule is C[C@@]12CC[C@H](O)[C@@H]3COC(=C31)C(=O)c1cc3c(OCCO)cccc3cc12. The Kier molecular flexibility index (Phi) is 3.61.